The summed E-state index contributed by atoms with van der Waals surface area (Å²) in [5.74, 6) is -3.27. The van der Waals surface area contributed by atoms with E-state index in [0.717, 1.165) is 6.07 Å². The van der Waals surface area contributed by atoms with Crippen molar-refractivity contribution in [2.45, 2.75) is 24.5 Å². The van der Waals surface area contributed by atoms with Crippen molar-refractivity contribution in [1.29, 1.82) is 0 Å². The van der Waals surface area contributed by atoms with E-state index in [-0.39, 0.29) is 48.2 Å². The Morgan fingerprint density at radius 3 is 2.45 bits per heavy atom. The highest BCUT2D eigenvalue weighted by atomic mass is 31.2. The van der Waals surface area contributed by atoms with Gasteiger partial charge in [0.25, 0.3) is 0 Å². The second kappa shape index (κ2) is 10.9. The van der Waals surface area contributed by atoms with Crippen LogP contribution in [0.5, 0.6) is 0 Å². The summed E-state index contributed by atoms with van der Waals surface area (Å²) in [7, 11) is -9.81. The van der Waals surface area contributed by atoms with Gasteiger partial charge < -0.3 is 49.0 Å². The standard InChI is InChI=1S/C20H24FN5O12P2/c1-37-24-14-8-25(6-9(14)5-22-19(30)38-20(39(31,32)33)40(34,35)36)17-13(21)4-11-15(27)12(18(28)29)7-26(10-2-3-10)16(11)23-17/h4,7,9-10,20H,2-3,5-6,8H2,1H3,(H,22,30)(H,28,29)(H2,31,32,33)(H2,34,35,36)/b24-14-. The number of anilines is 1. The number of rotatable bonds is 9. The minimum atomic E-state index is -5.52. The van der Waals surface area contributed by atoms with Crippen molar-refractivity contribution < 1.29 is 57.4 Å². The largest absolute Gasteiger partial charge is 0.477 e. The molecule has 1 saturated heterocycles. The maximum Gasteiger partial charge on any atom is 0.408 e. The van der Waals surface area contributed by atoms with Gasteiger partial charge >= 0.3 is 32.8 Å². The fourth-order valence-electron chi connectivity index (χ4n) is 4.24. The van der Waals surface area contributed by atoms with E-state index in [1.165, 1.54) is 22.8 Å². The monoisotopic (exact) mass is 607 g/mol. The molecule has 1 aliphatic heterocycles. The third-order valence-electron chi connectivity index (χ3n) is 6.16. The summed E-state index contributed by atoms with van der Waals surface area (Å²) < 4.78 is 43.7. The van der Waals surface area contributed by atoms with Crippen LogP contribution in [0.25, 0.3) is 11.0 Å². The molecule has 6 N–H and O–H groups in total. The zero-order valence-corrected chi connectivity index (χ0v) is 22.4. The third kappa shape index (κ3) is 6.16. The van der Waals surface area contributed by atoms with Crippen LogP contribution in [0.1, 0.15) is 29.2 Å². The number of carbonyl (C=O) groups excluding carboxylic acids is 1. The number of halogens is 1. The topological polar surface area (TPSA) is 250 Å². The molecule has 1 aliphatic carbocycles. The minimum Gasteiger partial charge on any atom is -0.477 e. The van der Waals surface area contributed by atoms with Crippen molar-refractivity contribution >= 4 is 49.8 Å². The van der Waals surface area contributed by atoms with Crippen molar-refractivity contribution in [1.82, 2.24) is 14.9 Å². The summed E-state index contributed by atoms with van der Waals surface area (Å²) in [6.45, 7) is -0.408. The lowest BCUT2D eigenvalue weighted by molar-refractivity contribution is 0.0694. The van der Waals surface area contributed by atoms with Crippen molar-refractivity contribution in [3.63, 3.8) is 0 Å². The second-order valence-corrected chi connectivity index (χ2v) is 12.8. The van der Waals surface area contributed by atoms with Crippen molar-refractivity contribution in [3.8, 4) is 0 Å². The molecule has 1 unspecified atom stereocenters. The number of carboxylic acid groups (broad SMARTS) is 1. The van der Waals surface area contributed by atoms with Gasteiger partial charge in [-0.3, -0.25) is 13.9 Å². The van der Waals surface area contributed by atoms with Gasteiger partial charge in [-0.2, -0.15) is 0 Å². The fraction of sp³-hybridized carbons (Fsp3) is 0.450. The van der Waals surface area contributed by atoms with Gasteiger partial charge in [-0.25, -0.2) is 19.0 Å². The number of oxime groups is 1. The molecule has 1 amide bonds. The summed E-state index contributed by atoms with van der Waals surface area (Å²) in [6, 6.07) is 0.801. The van der Waals surface area contributed by atoms with Gasteiger partial charge in [0.05, 0.1) is 17.6 Å². The van der Waals surface area contributed by atoms with Crippen LogP contribution in [0.4, 0.5) is 15.0 Å². The summed E-state index contributed by atoms with van der Waals surface area (Å²) >= 11 is 0. The number of amides is 1. The molecule has 1 atom stereocenters. The first-order valence-electron chi connectivity index (χ1n) is 11.5. The fourth-order valence-corrected chi connectivity index (χ4v) is 6.28. The Morgan fingerprint density at radius 1 is 1.25 bits per heavy atom. The van der Waals surface area contributed by atoms with E-state index >= 15 is 4.39 Å². The first-order chi connectivity index (χ1) is 18.6. The molecule has 0 bridgehead atoms. The maximum atomic E-state index is 15.2. The molecule has 2 fully saturated rings. The molecule has 3 heterocycles. The zero-order valence-electron chi connectivity index (χ0n) is 20.6. The van der Waals surface area contributed by atoms with E-state index in [9.17, 15) is 28.6 Å². The van der Waals surface area contributed by atoms with Crippen molar-refractivity contribution in [2.75, 3.05) is 31.6 Å². The van der Waals surface area contributed by atoms with Gasteiger partial charge in [0.15, 0.2) is 11.6 Å². The lowest BCUT2D eigenvalue weighted by Crippen LogP contribution is -2.35. The summed E-state index contributed by atoms with van der Waals surface area (Å²) in [5, 5.41) is 15.2. The Labute approximate surface area is 223 Å². The number of ether oxygens (including phenoxy) is 1. The maximum absolute atomic E-state index is 15.2. The molecule has 0 aromatic carbocycles. The van der Waals surface area contributed by atoms with Crippen LogP contribution in [-0.2, 0) is 18.7 Å². The molecule has 2 aromatic rings. The highest BCUT2D eigenvalue weighted by Crippen LogP contribution is 2.60. The Balaban J connectivity index is 1.59. The first-order valence-corrected chi connectivity index (χ1v) is 14.9. The van der Waals surface area contributed by atoms with Gasteiger partial charge in [-0.05, 0) is 18.9 Å². The summed E-state index contributed by atoms with van der Waals surface area (Å²) in [4.78, 5) is 83.3. The van der Waals surface area contributed by atoms with Gasteiger partial charge in [0, 0.05) is 31.2 Å². The number of nitrogens with zero attached hydrogens (tertiary/aromatic N) is 4. The van der Waals surface area contributed by atoms with E-state index in [0.29, 0.717) is 12.8 Å². The number of nitrogens with one attached hydrogen (secondary N) is 1. The Kier molecular flexibility index (Phi) is 8.04. The molecule has 0 radical (unpaired) electrons. The molecule has 0 spiro atoms. The zero-order chi connectivity index (χ0) is 29.6. The van der Waals surface area contributed by atoms with Gasteiger partial charge in [0.1, 0.15) is 18.3 Å². The van der Waals surface area contributed by atoms with E-state index < -0.39 is 55.6 Å². The number of pyridine rings is 2. The highest BCUT2D eigenvalue weighted by Gasteiger charge is 2.47. The number of aromatic nitrogens is 2. The van der Waals surface area contributed by atoms with Crippen LogP contribution < -0.4 is 15.6 Å². The highest BCUT2D eigenvalue weighted by molar-refractivity contribution is 7.70. The Morgan fingerprint density at radius 2 is 1.90 bits per heavy atom. The first kappa shape index (κ1) is 29.6. The van der Waals surface area contributed by atoms with Crippen LogP contribution in [-0.4, -0.2) is 84.3 Å². The van der Waals surface area contributed by atoms with Gasteiger partial charge in [0.2, 0.25) is 5.43 Å². The number of hydrogen-bond acceptors (Lipinski definition) is 10. The molecule has 2 aromatic heterocycles. The van der Waals surface area contributed by atoms with Crippen LogP contribution in [0.3, 0.4) is 0 Å². The molecular formula is C20H24FN5O12P2. The number of hydrogen-bond donors (Lipinski definition) is 6. The molecule has 1 saturated carbocycles. The average molecular weight is 607 g/mol. The molecule has 17 nitrogen and oxygen atoms in total. The molecule has 40 heavy (non-hydrogen) atoms. The van der Waals surface area contributed by atoms with E-state index in [2.05, 4.69) is 20.2 Å². The lowest BCUT2D eigenvalue weighted by atomic mass is 10.1. The van der Waals surface area contributed by atoms with Gasteiger partial charge in [-0.15, -0.1) is 0 Å². The summed E-state index contributed by atoms with van der Waals surface area (Å²) in [5.41, 5.74) is -4.03. The summed E-state index contributed by atoms with van der Waals surface area (Å²) in [6.07, 6.45) is 1.08. The Bertz CT molecular complexity index is 1530. The molecule has 2 aliphatic rings. The van der Waals surface area contributed by atoms with E-state index in [1.807, 2.05) is 0 Å². The number of carbonyl (C=O) groups is 2. The van der Waals surface area contributed by atoms with Crippen LogP contribution >= 0.6 is 15.2 Å². The smallest absolute Gasteiger partial charge is 0.408 e. The SMILES string of the molecule is CO/N=C1/CN(c2nc3c(cc2F)c(=O)c(C(=O)O)cn3C2CC2)CC1CNC(=O)OC(P(=O)(O)O)P(=O)(O)O. The normalized spacial score (nSPS) is 18.9. The molecular weight excluding hydrogens is 583 g/mol. The predicted octanol–water partition coefficient (Wildman–Crippen LogP) is 0.372. The third-order valence-corrected chi connectivity index (χ3v) is 9.33. The van der Waals surface area contributed by atoms with E-state index in [4.69, 9.17) is 24.4 Å². The van der Waals surface area contributed by atoms with Crippen molar-refractivity contribution in [2.24, 2.45) is 11.1 Å². The van der Waals surface area contributed by atoms with E-state index in [1.54, 1.807) is 0 Å². The molecule has 218 valence electrons. The van der Waals surface area contributed by atoms with Crippen LogP contribution in [0.15, 0.2) is 22.2 Å². The Hall–Kier alpha value is -3.40. The molecule has 4 rings (SSSR count). The second-order valence-electron chi connectivity index (χ2n) is 9.11. The lowest BCUT2D eigenvalue weighted by Gasteiger charge is -2.21. The van der Waals surface area contributed by atoms with Crippen LogP contribution in [0, 0.1) is 11.7 Å². The minimum absolute atomic E-state index is 0.0286. The van der Waals surface area contributed by atoms with Crippen LogP contribution in [0.2, 0.25) is 0 Å². The number of aromatic carboxylic acids is 1. The molecule has 20 heteroatoms. The van der Waals surface area contributed by atoms with Gasteiger partial charge in [-0.1, -0.05) is 5.16 Å². The quantitative estimate of drug-likeness (QED) is 0.167. The average Bonchev–Trinajstić information content (AvgIpc) is 3.61. The number of alkyl carbamates (subject to hydrolysis) is 1. The number of fused-ring (bicyclic) bond motifs is 1. The number of carboxylic acids is 1. The predicted molar refractivity (Wildman–Crippen MR) is 134 cm³/mol. The van der Waals surface area contributed by atoms with Crippen molar-refractivity contribution in [3.05, 3.63) is 33.9 Å².